The Balaban J connectivity index is 1.96. The number of hydrogen-bond acceptors (Lipinski definition) is 2. The Bertz CT molecular complexity index is 674. The standard InChI is InChI=1S/C20H24N2O3/c1-22(15-17-10-6-3-7-11-17)20(25)21-18(12-13-19(23)24)14-16-8-4-2-5-9-16/h2-11,18H,12-15H2,1H3,(H,21,25)(H,23,24). The van der Waals surface area contributed by atoms with Gasteiger partial charge < -0.3 is 15.3 Å². The van der Waals surface area contributed by atoms with Crippen molar-refractivity contribution in [2.75, 3.05) is 7.05 Å². The van der Waals surface area contributed by atoms with Gasteiger partial charge in [0.15, 0.2) is 0 Å². The third kappa shape index (κ3) is 6.67. The van der Waals surface area contributed by atoms with E-state index in [9.17, 15) is 9.59 Å². The molecule has 0 heterocycles. The number of benzene rings is 2. The number of urea groups is 1. The maximum Gasteiger partial charge on any atom is 0.317 e. The molecule has 2 amide bonds. The van der Waals surface area contributed by atoms with Gasteiger partial charge in [0.25, 0.3) is 0 Å². The van der Waals surface area contributed by atoms with E-state index in [0.717, 1.165) is 11.1 Å². The molecule has 1 unspecified atom stereocenters. The molecule has 5 nitrogen and oxygen atoms in total. The molecular weight excluding hydrogens is 316 g/mol. The maximum absolute atomic E-state index is 12.5. The second-order valence-corrected chi connectivity index (χ2v) is 6.11. The Labute approximate surface area is 148 Å². The summed E-state index contributed by atoms with van der Waals surface area (Å²) in [6.07, 6.45) is 1.04. The summed E-state index contributed by atoms with van der Waals surface area (Å²) in [5.41, 5.74) is 2.12. The van der Waals surface area contributed by atoms with Crippen molar-refractivity contribution in [1.29, 1.82) is 0 Å². The SMILES string of the molecule is CN(Cc1ccccc1)C(=O)NC(CCC(=O)O)Cc1ccccc1. The highest BCUT2D eigenvalue weighted by molar-refractivity contribution is 5.74. The predicted molar refractivity (Wildman–Crippen MR) is 97.2 cm³/mol. The third-order valence-electron chi connectivity index (χ3n) is 3.97. The molecule has 0 radical (unpaired) electrons. The first-order valence-electron chi connectivity index (χ1n) is 8.36. The zero-order chi connectivity index (χ0) is 18.1. The summed E-state index contributed by atoms with van der Waals surface area (Å²) in [4.78, 5) is 25.0. The molecule has 0 aliphatic rings. The number of aliphatic carboxylic acids is 1. The van der Waals surface area contributed by atoms with Crippen LogP contribution >= 0.6 is 0 Å². The van der Waals surface area contributed by atoms with E-state index < -0.39 is 5.97 Å². The van der Waals surface area contributed by atoms with E-state index in [0.29, 0.717) is 19.4 Å². The van der Waals surface area contributed by atoms with Gasteiger partial charge >= 0.3 is 12.0 Å². The number of carbonyl (C=O) groups is 2. The number of rotatable bonds is 8. The summed E-state index contributed by atoms with van der Waals surface area (Å²) >= 11 is 0. The monoisotopic (exact) mass is 340 g/mol. The largest absolute Gasteiger partial charge is 0.481 e. The fourth-order valence-electron chi connectivity index (χ4n) is 2.64. The van der Waals surface area contributed by atoms with Crippen molar-refractivity contribution >= 4 is 12.0 Å². The van der Waals surface area contributed by atoms with Crippen LogP contribution in [0.25, 0.3) is 0 Å². The molecule has 2 rings (SSSR count). The lowest BCUT2D eigenvalue weighted by atomic mass is 10.0. The van der Waals surface area contributed by atoms with E-state index in [1.165, 1.54) is 0 Å². The van der Waals surface area contributed by atoms with E-state index in [2.05, 4.69) is 5.32 Å². The minimum absolute atomic E-state index is 0.0280. The first-order valence-corrected chi connectivity index (χ1v) is 8.36. The Morgan fingerprint density at radius 2 is 1.56 bits per heavy atom. The smallest absolute Gasteiger partial charge is 0.317 e. The van der Waals surface area contributed by atoms with E-state index in [1.54, 1.807) is 11.9 Å². The average Bonchev–Trinajstić information content (AvgIpc) is 2.61. The van der Waals surface area contributed by atoms with Gasteiger partial charge in [-0.05, 0) is 24.0 Å². The van der Waals surface area contributed by atoms with Crippen molar-refractivity contribution in [2.24, 2.45) is 0 Å². The van der Waals surface area contributed by atoms with Gasteiger partial charge in [-0.2, -0.15) is 0 Å². The van der Waals surface area contributed by atoms with Gasteiger partial charge in [-0.1, -0.05) is 60.7 Å². The Hall–Kier alpha value is -2.82. The van der Waals surface area contributed by atoms with E-state index in [1.807, 2.05) is 60.7 Å². The third-order valence-corrected chi connectivity index (χ3v) is 3.97. The van der Waals surface area contributed by atoms with Crippen molar-refractivity contribution in [2.45, 2.75) is 31.8 Å². The van der Waals surface area contributed by atoms with E-state index >= 15 is 0 Å². The molecule has 2 aromatic rings. The topological polar surface area (TPSA) is 69.6 Å². The van der Waals surface area contributed by atoms with Gasteiger partial charge in [-0.15, -0.1) is 0 Å². The molecule has 0 spiro atoms. The molecule has 5 heteroatoms. The van der Waals surface area contributed by atoms with Crippen molar-refractivity contribution in [3.8, 4) is 0 Å². The average molecular weight is 340 g/mol. The quantitative estimate of drug-likeness (QED) is 0.774. The number of carboxylic acids is 1. The van der Waals surface area contributed by atoms with Crippen LogP contribution in [-0.2, 0) is 17.8 Å². The lowest BCUT2D eigenvalue weighted by Gasteiger charge is -2.23. The Morgan fingerprint density at radius 3 is 2.12 bits per heavy atom. The molecule has 0 aromatic heterocycles. The van der Waals surface area contributed by atoms with Crippen LogP contribution < -0.4 is 5.32 Å². The van der Waals surface area contributed by atoms with Crippen molar-refractivity contribution in [1.82, 2.24) is 10.2 Å². The van der Waals surface area contributed by atoms with E-state index in [-0.39, 0.29) is 18.5 Å². The van der Waals surface area contributed by atoms with E-state index in [4.69, 9.17) is 5.11 Å². The minimum Gasteiger partial charge on any atom is -0.481 e. The van der Waals surface area contributed by atoms with Crippen LogP contribution in [0, 0.1) is 0 Å². The molecule has 0 fully saturated rings. The minimum atomic E-state index is -0.857. The number of nitrogens with zero attached hydrogens (tertiary/aromatic N) is 1. The Kier molecular flexibility index (Phi) is 7.01. The summed E-state index contributed by atoms with van der Waals surface area (Å²) in [6.45, 7) is 0.504. The highest BCUT2D eigenvalue weighted by Crippen LogP contribution is 2.09. The first-order chi connectivity index (χ1) is 12.0. The van der Waals surface area contributed by atoms with Crippen LogP contribution in [0.2, 0.25) is 0 Å². The highest BCUT2D eigenvalue weighted by Gasteiger charge is 2.17. The van der Waals surface area contributed by atoms with Crippen molar-refractivity contribution in [3.63, 3.8) is 0 Å². The van der Waals surface area contributed by atoms with Gasteiger partial charge in [0.2, 0.25) is 0 Å². The van der Waals surface area contributed by atoms with Crippen LogP contribution in [0.1, 0.15) is 24.0 Å². The second kappa shape index (κ2) is 9.47. The van der Waals surface area contributed by atoms with Crippen LogP contribution in [0.5, 0.6) is 0 Å². The molecule has 0 aliphatic heterocycles. The first kappa shape index (κ1) is 18.5. The summed E-state index contributed by atoms with van der Waals surface area (Å²) < 4.78 is 0. The van der Waals surface area contributed by atoms with Gasteiger partial charge in [0.05, 0.1) is 0 Å². The highest BCUT2D eigenvalue weighted by atomic mass is 16.4. The van der Waals surface area contributed by atoms with Gasteiger partial charge in [-0.3, -0.25) is 4.79 Å². The lowest BCUT2D eigenvalue weighted by Crippen LogP contribution is -2.44. The molecule has 132 valence electrons. The molecule has 1 atom stereocenters. The molecule has 2 N–H and O–H groups in total. The molecular formula is C20H24N2O3. The Morgan fingerprint density at radius 1 is 1.00 bits per heavy atom. The number of nitrogens with one attached hydrogen (secondary N) is 1. The zero-order valence-corrected chi connectivity index (χ0v) is 14.4. The van der Waals surface area contributed by atoms with Crippen LogP contribution in [0.15, 0.2) is 60.7 Å². The molecule has 0 aliphatic carbocycles. The van der Waals surface area contributed by atoms with Crippen LogP contribution in [0.4, 0.5) is 4.79 Å². The number of carbonyl (C=O) groups excluding carboxylic acids is 1. The molecule has 25 heavy (non-hydrogen) atoms. The lowest BCUT2D eigenvalue weighted by molar-refractivity contribution is -0.137. The van der Waals surface area contributed by atoms with Crippen molar-refractivity contribution in [3.05, 3.63) is 71.8 Å². The molecule has 0 bridgehead atoms. The predicted octanol–water partition coefficient (Wildman–Crippen LogP) is 3.30. The maximum atomic E-state index is 12.5. The fraction of sp³-hybridized carbons (Fsp3) is 0.300. The van der Waals surface area contributed by atoms with Crippen LogP contribution in [0.3, 0.4) is 0 Å². The van der Waals surface area contributed by atoms with Gasteiger partial charge in [-0.25, -0.2) is 4.79 Å². The number of amides is 2. The second-order valence-electron chi connectivity index (χ2n) is 6.11. The number of hydrogen-bond donors (Lipinski definition) is 2. The normalized spacial score (nSPS) is 11.6. The van der Waals surface area contributed by atoms with Gasteiger partial charge in [0, 0.05) is 26.1 Å². The fourth-order valence-corrected chi connectivity index (χ4v) is 2.64. The number of carboxylic acid groups (broad SMARTS) is 1. The molecule has 0 saturated carbocycles. The summed E-state index contributed by atoms with van der Waals surface area (Å²) in [5.74, 6) is -0.857. The summed E-state index contributed by atoms with van der Waals surface area (Å²) in [5, 5.41) is 11.9. The zero-order valence-electron chi connectivity index (χ0n) is 14.4. The molecule has 0 saturated heterocycles. The van der Waals surface area contributed by atoms with Crippen molar-refractivity contribution < 1.29 is 14.7 Å². The summed E-state index contributed by atoms with van der Waals surface area (Å²) in [7, 11) is 1.74. The molecule has 2 aromatic carbocycles. The summed E-state index contributed by atoms with van der Waals surface area (Å²) in [6, 6.07) is 19.1. The van der Waals surface area contributed by atoms with Gasteiger partial charge in [0.1, 0.15) is 0 Å². The van der Waals surface area contributed by atoms with Crippen LogP contribution in [-0.4, -0.2) is 35.1 Å².